The Bertz CT molecular complexity index is 1570. The smallest absolute Gasteiger partial charge is 0.497 e. The first kappa shape index (κ1) is 37.9. The Kier molecular flexibility index (Phi) is 11.6. The number of rotatable bonds is 16. The van der Waals surface area contributed by atoms with E-state index in [1.54, 1.807) is 14.2 Å². The fourth-order valence-corrected chi connectivity index (χ4v) is 13.3. The second-order valence-corrected chi connectivity index (χ2v) is 24.6. The lowest BCUT2D eigenvalue weighted by Gasteiger charge is -2.37. The van der Waals surface area contributed by atoms with E-state index in [4.69, 9.17) is 26.6 Å². The number of hydrogen-bond acceptors (Lipinski definition) is 6. The highest BCUT2D eigenvalue weighted by molar-refractivity contribution is 6.88. The molecule has 0 N–H and O–H groups in total. The fraction of sp³-hybridized carbons (Fsp3) is 0.300. The van der Waals surface area contributed by atoms with E-state index < -0.39 is 25.7 Å². The lowest BCUT2D eigenvalue weighted by atomic mass is 9.78. The Morgan fingerprint density at radius 3 is 0.918 bits per heavy atom. The highest BCUT2D eigenvalue weighted by Crippen LogP contribution is 2.37. The van der Waals surface area contributed by atoms with Gasteiger partial charge in [0.15, 0.2) is 0 Å². The predicted molar refractivity (Wildman–Crippen MR) is 208 cm³/mol. The molecule has 6 nitrogen and oxygen atoms in total. The largest absolute Gasteiger partial charge is 0.799 e. The molecule has 0 saturated heterocycles. The van der Waals surface area contributed by atoms with Crippen LogP contribution in [0.4, 0.5) is 0 Å². The van der Waals surface area contributed by atoms with Crippen molar-refractivity contribution in [2.24, 2.45) is 0 Å². The summed E-state index contributed by atoms with van der Waals surface area (Å²) in [7, 11) is -5.56. The topological polar surface area (TPSA) is 55.4 Å². The normalized spacial score (nSPS) is 12.6. The first-order valence-corrected chi connectivity index (χ1v) is 24.1. The fourth-order valence-electron chi connectivity index (χ4n) is 5.37. The SMILES string of the molecule is C=C[Si](C)(C)O[Si](Oc1ccc(C(C)(C)c2ccc(OC)cc2)cc1)(Oc1ccc(C(C)(C)c2ccc(OC)cc2)cc1)O[Si](C)(C)C=C. The Labute approximate surface area is 297 Å². The summed E-state index contributed by atoms with van der Waals surface area (Å²) in [5, 5.41) is 0. The molecule has 0 saturated carbocycles. The van der Waals surface area contributed by atoms with E-state index in [9.17, 15) is 0 Å². The van der Waals surface area contributed by atoms with Crippen LogP contribution in [0.3, 0.4) is 0 Å². The Morgan fingerprint density at radius 2 is 0.694 bits per heavy atom. The molecule has 0 heterocycles. The molecular weight excluding hydrogens is 661 g/mol. The monoisotopic (exact) mass is 712 g/mol. The molecule has 0 radical (unpaired) electrons. The van der Waals surface area contributed by atoms with E-state index >= 15 is 0 Å². The van der Waals surface area contributed by atoms with Crippen molar-refractivity contribution in [3.05, 3.63) is 144 Å². The van der Waals surface area contributed by atoms with Crippen molar-refractivity contribution in [2.45, 2.75) is 64.7 Å². The summed E-state index contributed by atoms with van der Waals surface area (Å²) in [6.07, 6.45) is 0. The summed E-state index contributed by atoms with van der Waals surface area (Å²) in [5.74, 6) is 2.86. The Morgan fingerprint density at radius 1 is 0.449 bits per heavy atom. The van der Waals surface area contributed by atoms with E-state index in [1.807, 2.05) is 59.9 Å². The van der Waals surface area contributed by atoms with E-state index in [0.29, 0.717) is 11.5 Å². The second-order valence-electron chi connectivity index (χ2n) is 14.3. The average Bonchev–Trinajstić information content (AvgIpc) is 3.08. The van der Waals surface area contributed by atoms with E-state index in [-0.39, 0.29) is 10.8 Å². The molecule has 0 atom stereocenters. The molecule has 0 aliphatic heterocycles. The molecule has 0 aliphatic rings. The minimum atomic E-state index is -3.91. The summed E-state index contributed by atoms with van der Waals surface area (Å²) >= 11 is 0. The third-order valence-electron chi connectivity index (χ3n) is 9.02. The highest BCUT2D eigenvalue weighted by atomic mass is 28.5. The van der Waals surface area contributed by atoms with E-state index in [1.165, 1.54) is 11.1 Å². The van der Waals surface area contributed by atoms with Gasteiger partial charge in [-0.15, -0.1) is 13.2 Å². The van der Waals surface area contributed by atoms with Crippen LogP contribution in [0, 0.1) is 0 Å². The van der Waals surface area contributed by atoms with Gasteiger partial charge in [0.25, 0.3) is 0 Å². The van der Waals surface area contributed by atoms with Gasteiger partial charge in [-0.25, -0.2) is 0 Å². The molecule has 4 aromatic carbocycles. The summed E-state index contributed by atoms with van der Waals surface area (Å²) in [4.78, 5) is 0. The minimum Gasteiger partial charge on any atom is -0.497 e. The van der Waals surface area contributed by atoms with Crippen molar-refractivity contribution in [1.29, 1.82) is 0 Å². The first-order valence-electron chi connectivity index (χ1n) is 16.5. The Balaban J connectivity index is 1.70. The second kappa shape index (κ2) is 14.9. The van der Waals surface area contributed by atoms with Crippen LogP contribution in [0.2, 0.25) is 26.2 Å². The molecule has 0 unspecified atom stereocenters. The summed E-state index contributed by atoms with van der Waals surface area (Å²) in [6, 6.07) is 32.5. The van der Waals surface area contributed by atoms with Crippen molar-refractivity contribution in [3.8, 4) is 23.0 Å². The van der Waals surface area contributed by atoms with Crippen molar-refractivity contribution in [2.75, 3.05) is 14.2 Å². The van der Waals surface area contributed by atoms with Gasteiger partial charge < -0.3 is 26.6 Å². The molecule has 0 aromatic heterocycles. The number of ether oxygens (including phenoxy) is 2. The van der Waals surface area contributed by atoms with Crippen LogP contribution in [-0.4, -0.2) is 39.9 Å². The van der Waals surface area contributed by atoms with Gasteiger partial charge in [0.2, 0.25) is 16.6 Å². The van der Waals surface area contributed by atoms with Gasteiger partial charge >= 0.3 is 9.05 Å². The number of benzene rings is 4. The molecule has 0 fully saturated rings. The molecule has 4 rings (SSSR count). The molecule has 0 spiro atoms. The first-order chi connectivity index (χ1) is 23.0. The zero-order chi connectivity index (χ0) is 36.1. The molecule has 0 amide bonds. The van der Waals surface area contributed by atoms with Crippen LogP contribution >= 0.6 is 0 Å². The maximum Gasteiger partial charge on any atom is 0.799 e. The summed E-state index contributed by atoms with van der Waals surface area (Å²) in [6.45, 7) is 25.2. The molecule has 0 aliphatic carbocycles. The van der Waals surface area contributed by atoms with Crippen LogP contribution in [0.5, 0.6) is 23.0 Å². The van der Waals surface area contributed by atoms with Gasteiger partial charge in [-0.3, -0.25) is 0 Å². The maximum absolute atomic E-state index is 6.85. The molecule has 260 valence electrons. The Hall–Kier alpha value is -3.87. The number of hydrogen-bond donors (Lipinski definition) is 0. The molecule has 49 heavy (non-hydrogen) atoms. The quantitative estimate of drug-likeness (QED) is 0.108. The molecule has 0 bridgehead atoms. The standard InChI is InChI=1S/C40H52O6Si3/c1-13-47(9,10)45-49(46-48(11,12)14-2,43-37-27-19-33(20-28-37)39(3,4)31-15-23-35(41-7)24-16-31)44-38-29-21-34(22-30-38)40(5,6)32-17-25-36(42-8)26-18-32/h13-30H,1-2H2,3-12H3. The zero-order valence-electron chi connectivity index (χ0n) is 30.8. The van der Waals surface area contributed by atoms with Crippen LogP contribution in [0.1, 0.15) is 49.9 Å². The number of methoxy groups -OCH3 is 2. The predicted octanol–water partition coefficient (Wildman–Crippen LogP) is 10.1. The van der Waals surface area contributed by atoms with Crippen molar-refractivity contribution >= 4 is 25.7 Å². The summed E-state index contributed by atoms with van der Waals surface area (Å²) < 4.78 is 38.0. The van der Waals surface area contributed by atoms with Gasteiger partial charge in [-0.05, 0) is 97.0 Å². The van der Waals surface area contributed by atoms with E-state index in [0.717, 1.165) is 22.6 Å². The van der Waals surface area contributed by atoms with Gasteiger partial charge in [-0.1, -0.05) is 87.6 Å². The van der Waals surface area contributed by atoms with Gasteiger partial charge in [0.05, 0.1) is 14.2 Å². The third kappa shape index (κ3) is 9.23. The minimum absolute atomic E-state index is 0.250. The third-order valence-corrected chi connectivity index (χ3v) is 18.2. The highest BCUT2D eigenvalue weighted by Gasteiger charge is 2.57. The van der Waals surface area contributed by atoms with Crippen LogP contribution < -0.4 is 18.3 Å². The van der Waals surface area contributed by atoms with Crippen molar-refractivity contribution in [1.82, 2.24) is 0 Å². The van der Waals surface area contributed by atoms with Crippen LogP contribution in [0.25, 0.3) is 0 Å². The van der Waals surface area contributed by atoms with Gasteiger partial charge in [0.1, 0.15) is 23.0 Å². The zero-order valence-corrected chi connectivity index (χ0v) is 33.8. The van der Waals surface area contributed by atoms with Crippen LogP contribution in [0.15, 0.2) is 122 Å². The van der Waals surface area contributed by atoms with Crippen molar-refractivity contribution < 1.29 is 26.6 Å². The molecule has 4 aromatic rings. The lowest BCUT2D eigenvalue weighted by Crippen LogP contribution is -2.63. The molecular formula is C40H52O6Si3. The van der Waals surface area contributed by atoms with E-state index in [2.05, 4.69) is 116 Å². The van der Waals surface area contributed by atoms with Crippen LogP contribution in [-0.2, 0) is 19.1 Å². The maximum atomic E-state index is 6.85. The average molecular weight is 713 g/mol. The van der Waals surface area contributed by atoms with Gasteiger partial charge in [-0.2, -0.15) is 0 Å². The van der Waals surface area contributed by atoms with Gasteiger partial charge in [0, 0.05) is 10.8 Å². The van der Waals surface area contributed by atoms with Crippen molar-refractivity contribution in [3.63, 3.8) is 0 Å². The lowest BCUT2D eigenvalue weighted by molar-refractivity contribution is 0.157. The summed E-state index contributed by atoms with van der Waals surface area (Å²) in [5.41, 5.74) is 7.86. The molecule has 9 heteroatoms.